The second-order valence-corrected chi connectivity index (χ2v) is 6.22. The fraction of sp³-hybridized carbons (Fsp3) is 0.692. The number of nitrogens with zero attached hydrogens (tertiary/aromatic N) is 2. The molecule has 0 aliphatic heterocycles. The number of nitrogen functional groups attached to an aromatic ring is 1. The van der Waals surface area contributed by atoms with Gasteiger partial charge in [-0.05, 0) is 20.3 Å². The third-order valence-electron chi connectivity index (χ3n) is 2.90. The van der Waals surface area contributed by atoms with Crippen LogP contribution in [0.4, 0.5) is 11.6 Å². The zero-order chi connectivity index (χ0) is 14.0. The Morgan fingerprint density at radius 2 is 1.67 bits per heavy atom. The lowest BCUT2D eigenvalue weighted by Gasteiger charge is -2.26. The van der Waals surface area contributed by atoms with Crippen molar-refractivity contribution >= 4 is 11.6 Å². The molecule has 4 N–H and O–H groups in total. The van der Waals surface area contributed by atoms with Crippen LogP contribution < -0.4 is 16.6 Å². The van der Waals surface area contributed by atoms with Crippen molar-refractivity contribution in [3.8, 4) is 0 Å². The summed E-state index contributed by atoms with van der Waals surface area (Å²) in [6, 6.07) is 1.83. The van der Waals surface area contributed by atoms with Crippen LogP contribution in [0.15, 0.2) is 6.07 Å². The Morgan fingerprint density at radius 3 is 2.11 bits per heavy atom. The summed E-state index contributed by atoms with van der Waals surface area (Å²) in [6.07, 6.45) is 1.01. The molecule has 0 aliphatic carbocycles. The minimum absolute atomic E-state index is 0.00459. The first kappa shape index (κ1) is 14.7. The highest BCUT2D eigenvalue weighted by Gasteiger charge is 2.21. The zero-order valence-corrected chi connectivity index (χ0v) is 12.3. The minimum atomic E-state index is -0.111. The molecular formula is C13H25N5. The van der Waals surface area contributed by atoms with Crippen LogP contribution in [0.1, 0.15) is 53.8 Å². The van der Waals surface area contributed by atoms with E-state index >= 15 is 0 Å². The predicted octanol–water partition coefficient (Wildman–Crippen LogP) is 2.66. The van der Waals surface area contributed by atoms with Gasteiger partial charge in [-0.3, -0.25) is 0 Å². The van der Waals surface area contributed by atoms with E-state index in [0.717, 1.165) is 18.1 Å². The summed E-state index contributed by atoms with van der Waals surface area (Å²) in [4.78, 5) is 8.96. The molecule has 102 valence electrons. The maximum atomic E-state index is 5.46. The van der Waals surface area contributed by atoms with E-state index < -0.39 is 0 Å². The maximum Gasteiger partial charge on any atom is 0.145 e. The Labute approximate surface area is 110 Å². The number of hydrogen-bond donors (Lipinski definition) is 3. The summed E-state index contributed by atoms with van der Waals surface area (Å²) in [5.74, 6) is 7.66. The van der Waals surface area contributed by atoms with Crippen LogP contribution in [0.25, 0.3) is 0 Å². The van der Waals surface area contributed by atoms with E-state index in [1.807, 2.05) is 6.07 Å². The van der Waals surface area contributed by atoms with Gasteiger partial charge in [-0.25, -0.2) is 15.8 Å². The molecule has 1 heterocycles. The summed E-state index contributed by atoms with van der Waals surface area (Å²) in [6.45, 7) is 12.7. The molecule has 0 saturated carbocycles. The van der Waals surface area contributed by atoms with E-state index in [1.165, 1.54) is 0 Å². The Hall–Kier alpha value is -1.36. The molecular weight excluding hydrogens is 226 g/mol. The molecule has 0 unspecified atom stereocenters. The van der Waals surface area contributed by atoms with E-state index in [-0.39, 0.29) is 11.0 Å². The summed E-state index contributed by atoms with van der Waals surface area (Å²) in [5, 5.41) is 3.41. The van der Waals surface area contributed by atoms with Gasteiger partial charge in [0.2, 0.25) is 0 Å². The molecule has 1 aromatic rings. The Morgan fingerprint density at radius 1 is 1.11 bits per heavy atom. The predicted molar refractivity (Wildman–Crippen MR) is 76.5 cm³/mol. The van der Waals surface area contributed by atoms with E-state index in [9.17, 15) is 0 Å². The van der Waals surface area contributed by atoms with Gasteiger partial charge in [0, 0.05) is 17.0 Å². The van der Waals surface area contributed by atoms with Crippen LogP contribution in [0, 0.1) is 0 Å². The molecule has 0 aromatic carbocycles. The van der Waals surface area contributed by atoms with Gasteiger partial charge in [0.25, 0.3) is 0 Å². The first-order valence-electron chi connectivity index (χ1n) is 6.32. The molecule has 5 heteroatoms. The van der Waals surface area contributed by atoms with Gasteiger partial charge in [-0.2, -0.15) is 0 Å². The van der Waals surface area contributed by atoms with E-state index in [4.69, 9.17) is 5.84 Å². The SMILES string of the molecule is CCC(C)(C)Nc1cc(NN)nc(C(C)(C)C)n1. The van der Waals surface area contributed by atoms with Crippen LogP contribution in [-0.4, -0.2) is 15.5 Å². The first-order valence-corrected chi connectivity index (χ1v) is 6.32. The molecule has 0 amide bonds. The van der Waals surface area contributed by atoms with Crippen LogP contribution >= 0.6 is 0 Å². The third kappa shape index (κ3) is 3.84. The van der Waals surface area contributed by atoms with Gasteiger partial charge in [0.05, 0.1) is 0 Å². The standard InChI is InChI=1S/C13H25N5/c1-7-13(5,6)17-9-8-10(18-14)16-11(15-9)12(2,3)4/h8H,7,14H2,1-6H3,(H2,15,16,17,18). The fourth-order valence-corrected chi connectivity index (χ4v) is 1.36. The Bertz CT molecular complexity index is 406. The minimum Gasteiger partial charge on any atom is -0.365 e. The maximum absolute atomic E-state index is 5.46. The van der Waals surface area contributed by atoms with Crippen molar-refractivity contribution in [1.29, 1.82) is 0 Å². The summed E-state index contributed by atoms with van der Waals surface area (Å²) in [7, 11) is 0. The van der Waals surface area contributed by atoms with Crippen molar-refractivity contribution in [1.82, 2.24) is 9.97 Å². The van der Waals surface area contributed by atoms with Crippen molar-refractivity contribution in [2.24, 2.45) is 5.84 Å². The van der Waals surface area contributed by atoms with Crippen molar-refractivity contribution in [2.75, 3.05) is 10.7 Å². The number of hydrazine groups is 1. The molecule has 0 bridgehead atoms. The number of rotatable bonds is 4. The van der Waals surface area contributed by atoms with E-state index in [1.54, 1.807) is 0 Å². The average molecular weight is 251 g/mol. The number of anilines is 2. The van der Waals surface area contributed by atoms with Gasteiger partial charge in [0.1, 0.15) is 17.5 Å². The zero-order valence-electron chi connectivity index (χ0n) is 12.3. The molecule has 0 atom stereocenters. The van der Waals surface area contributed by atoms with Crippen molar-refractivity contribution in [3.05, 3.63) is 11.9 Å². The summed E-state index contributed by atoms with van der Waals surface area (Å²) in [5.41, 5.74) is 2.48. The molecule has 5 nitrogen and oxygen atoms in total. The number of nitrogens with one attached hydrogen (secondary N) is 2. The highest BCUT2D eigenvalue weighted by atomic mass is 15.3. The normalized spacial score (nSPS) is 12.4. The lowest BCUT2D eigenvalue weighted by atomic mass is 9.95. The molecule has 0 aliphatic rings. The summed E-state index contributed by atoms with van der Waals surface area (Å²) < 4.78 is 0. The number of hydrogen-bond acceptors (Lipinski definition) is 5. The topological polar surface area (TPSA) is 75.9 Å². The van der Waals surface area contributed by atoms with E-state index in [2.05, 4.69) is 62.3 Å². The molecule has 0 spiro atoms. The molecule has 18 heavy (non-hydrogen) atoms. The van der Waals surface area contributed by atoms with Gasteiger partial charge < -0.3 is 10.7 Å². The highest BCUT2D eigenvalue weighted by molar-refractivity contribution is 5.48. The molecule has 1 rings (SSSR count). The van der Waals surface area contributed by atoms with Crippen molar-refractivity contribution in [3.63, 3.8) is 0 Å². The highest BCUT2D eigenvalue weighted by Crippen LogP contribution is 2.24. The van der Waals surface area contributed by atoms with E-state index in [0.29, 0.717) is 5.82 Å². The van der Waals surface area contributed by atoms with Gasteiger partial charge in [-0.15, -0.1) is 0 Å². The van der Waals surface area contributed by atoms with Crippen LogP contribution in [-0.2, 0) is 5.41 Å². The number of aromatic nitrogens is 2. The monoisotopic (exact) mass is 251 g/mol. The van der Waals surface area contributed by atoms with Crippen molar-refractivity contribution < 1.29 is 0 Å². The number of nitrogens with two attached hydrogens (primary N) is 1. The van der Waals surface area contributed by atoms with Crippen LogP contribution in [0.5, 0.6) is 0 Å². The second kappa shape index (κ2) is 5.10. The van der Waals surface area contributed by atoms with Gasteiger partial charge in [-0.1, -0.05) is 27.7 Å². The molecule has 1 aromatic heterocycles. The van der Waals surface area contributed by atoms with Gasteiger partial charge in [0.15, 0.2) is 0 Å². The third-order valence-corrected chi connectivity index (χ3v) is 2.90. The lowest BCUT2D eigenvalue weighted by Crippen LogP contribution is -2.31. The smallest absolute Gasteiger partial charge is 0.145 e. The second-order valence-electron chi connectivity index (χ2n) is 6.22. The van der Waals surface area contributed by atoms with Crippen LogP contribution in [0.3, 0.4) is 0 Å². The molecule has 0 radical (unpaired) electrons. The van der Waals surface area contributed by atoms with Crippen molar-refractivity contribution in [2.45, 2.75) is 58.9 Å². The first-order chi connectivity index (χ1) is 8.18. The quantitative estimate of drug-likeness (QED) is 0.566. The lowest BCUT2D eigenvalue weighted by molar-refractivity contribution is 0.530. The van der Waals surface area contributed by atoms with Gasteiger partial charge >= 0.3 is 0 Å². The largest absolute Gasteiger partial charge is 0.365 e. The fourth-order valence-electron chi connectivity index (χ4n) is 1.36. The Balaban J connectivity index is 3.13. The molecule has 0 fully saturated rings. The average Bonchev–Trinajstić information content (AvgIpc) is 2.27. The summed E-state index contributed by atoms with van der Waals surface area (Å²) >= 11 is 0. The van der Waals surface area contributed by atoms with Crippen LogP contribution in [0.2, 0.25) is 0 Å². The molecule has 0 saturated heterocycles. The Kier molecular flexibility index (Phi) is 4.16.